The van der Waals surface area contributed by atoms with Gasteiger partial charge < -0.3 is 10.4 Å². The second-order valence-corrected chi connectivity index (χ2v) is 6.31. The van der Waals surface area contributed by atoms with Gasteiger partial charge >= 0.3 is 0 Å². The SMILES string of the molecule is CCSc1ccccc1C(C)NCc1ccccc1CO. The molecule has 0 amide bonds. The summed E-state index contributed by atoms with van der Waals surface area (Å²) in [6.07, 6.45) is 0. The number of aliphatic hydroxyl groups is 1. The van der Waals surface area contributed by atoms with Gasteiger partial charge in [-0.15, -0.1) is 11.8 Å². The van der Waals surface area contributed by atoms with Crippen molar-refractivity contribution in [2.45, 2.75) is 37.9 Å². The van der Waals surface area contributed by atoms with Gasteiger partial charge in [-0.1, -0.05) is 49.4 Å². The average molecular weight is 301 g/mol. The lowest BCUT2D eigenvalue weighted by atomic mass is 10.1. The standard InChI is InChI=1S/C18H23NOS/c1-3-21-18-11-7-6-10-17(18)14(2)19-12-15-8-4-5-9-16(15)13-20/h4-11,14,19-20H,3,12-13H2,1-2H3. The van der Waals surface area contributed by atoms with Crippen LogP contribution in [0.2, 0.25) is 0 Å². The molecule has 1 unspecified atom stereocenters. The third-order valence-corrected chi connectivity index (χ3v) is 4.54. The molecule has 0 saturated carbocycles. The summed E-state index contributed by atoms with van der Waals surface area (Å²) in [4.78, 5) is 1.34. The highest BCUT2D eigenvalue weighted by Crippen LogP contribution is 2.27. The third kappa shape index (κ3) is 4.34. The topological polar surface area (TPSA) is 32.3 Å². The molecule has 3 heteroatoms. The molecule has 2 rings (SSSR count). The normalized spacial score (nSPS) is 12.3. The predicted octanol–water partition coefficient (Wildman–Crippen LogP) is 4.14. The molecule has 0 radical (unpaired) electrons. The van der Waals surface area contributed by atoms with Crippen LogP contribution in [0.15, 0.2) is 53.4 Å². The maximum absolute atomic E-state index is 9.38. The summed E-state index contributed by atoms with van der Waals surface area (Å²) in [6, 6.07) is 16.9. The maximum Gasteiger partial charge on any atom is 0.0685 e. The van der Waals surface area contributed by atoms with Gasteiger partial charge in [-0.05, 0) is 35.4 Å². The van der Waals surface area contributed by atoms with Crippen LogP contribution in [0.5, 0.6) is 0 Å². The van der Waals surface area contributed by atoms with Crippen molar-refractivity contribution < 1.29 is 5.11 Å². The van der Waals surface area contributed by atoms with E-state index >= 15 is 0 Å². The minimum absolute atomic E-state index is 0.0918. The van der Waals surface area contributed by atoms with Gasteiger partial charge in [-0.2, -0.15) is 0 Å². The van der Waals surface area contributed by atoms with E-state index in [0.29, 0.717) is 0 Å². The van der Waals surface area contributed by atoms with Gasteiger partial charge in [0.2, 0.25) is 0 Å². The molecule has 0 heterocycles. The van der Waals surface area contributed by atoms with Crippen molar-refractivity contribution in [2.75, 3.05) is 5.75 Å². The molecule has 2 nitrogen and oxygen atoms in total. The van der Waals surface area contributed by atoms with Gasteiger partial charge in [0.1, 0.15) is 0 Å². The number of hydrogen-bond donors (Lipinski definition) is 2. The predicted molar refractivity (Wildman–Crippen MR) is 90.5 cm³/mol. The molecule has 112 valence electrons. The first kappa shape index (κ1) is 16.1. The average Bonchev–Trinajstić information content (AvgIpc) is 2.53. The van der Waals surface area contributed by atoms with E-state index in [2.05, 4.69) is 49.5 Å². The molecule has 0 aromatic heterocycles. The zero-order valence-corrected chi connectivity index (χ0v) is 13.5. The first-order valence-corrected chi connectivity index (χ1v) is 8.37. The van der Waals surface area contributed by atoms with Gasteiger partial charge in [-0.25, -0.2) is 0 Å². The molecule has 2 aromatic carbocycles. The Morgan fingerprint density at radius 2 is 1.71 bits per heavy atom. The van der Waals surface area contributed by atoms with Crippen LogP contribution in [-0.4, -0.2) is 10.9 Å². The van der Waals surface area contributed by atoms with Crippen LogP contribution in [0.4, 0.5) is 0 Å². The third-order valence-electron chi connectivity index (χ3n) is 3.57. The van der Waals surface area contributed by atoms with Crippen LogP contribution >= 0.6 is 11.8 Å². The Balaban J connectivity index is 2.06. The van der Waals surface area contributed by atoms with Crippen LogP contribution < -0.4 is 5.32 Å². The number of thioether (sulfide) groups is 1. The van der Waals surface area contributed by atoms with Gasteiger partial charge in [0.15, 0.2) is 0 Å². The highest BCUT2D eigenvalue weighted by atomic mass is 32.2. The highest BCUT2D eigenvalue weighted by molar-refractivity contribution is 7.99. The van der Waals surface area contributed by atoms with Crippen LogP contribution in [0.1, 0.15) is 36.6 Å². The summed E-state index contributed by atoms with van der Waals surface area (Å²) in [5, 5.41) is 12.9. The van der Waals surface area contributed by atoms with Crippen molar-refractivity contribution in [3.63, 3.8) is 0 Å². The molecule has 0 fully saturated rings. The van der Waals surface area contributed by atoms with Crippen molar-refractivity contribution in [2.24, 2.45) is 0 Å². The first-order chi connectivity index (χ1) is 10.3. The molecule has 0 bridgehead atoms. The van der Waals surface area contributed by atoms with Crippen molar-refractivity contribution in [1.29, 1.82) is 0 Å². The minimum Gasteiger partial charge on any atom is -0.392 e. The molecule has 0 spiro atoms. The Morgan fingerprint density at radius 3 is 2.43 bits per heavy atom. The van der Waals surface area contributed by atoms with E-state index in [4.69, 9.17) is 0 Å². The number of benzene rings is 2. The van der Waals surface area contributed by atoms with Crippen LogP contribution in [-0.2, 0) is 13.2 Å². The fraction of sp³-hybridized carbons (Fsp3) is 0.333. The Kier molecular flexibility index (Phi) is 6.30. The van der Waals surface area contributed by atoms with Crippen LogP contribution in [0.3, 0.4) is 0 Å². The Hall–Kier alpha value is -1.29. The summed E-state index contributed by atoms with van der Waals surface area (Å²) in [7, 11) is 0. The summed E-state index contributed by atoms with van der Waals surface area (Å²) in [5.74, 6) is 1.08. The highest BCUT2D eigenvalue weighted by Gasteiger charge is 2.10. The summed E-state index contributed by atoms with van der Waals surface area (Å²) < 4.78 is 0. The lowest BCUT2D eigenvalue weighted by molar-refractivity contribution is 0.280. The largest absolute Gasteiger partial charge is 0.392 e. The fourth-order valence-corrected chi connectivity index (χ4v) is 3.28. The molecular weight excluding hydrogens is 278 g/mol. The lowest BCUT2D eigenvalue weighted by Gasteiger charge is -2.18. The van der Waals surface area contributed by atoms with E-state index in [1.807, 2.05) is 30.0 Å². The monoisotopic (exact) mass is 301 g/mol. The van der Waals surface area contributed by atoms with Gasteiger partial charge in [0.05, 0.1) is 6.61 Å². The van der Waals surface area contributed by atoms with Crippen molar-refractivity contribution in [1.82, 2.24) is 5.32 Å². The summed E-state index contributed by atoms with van der Waals surface area (Å²) >= 11 is 1.88. The van der Waals surface area contributed by atoms with E-state index in [9.17, 15) is 5.11 Å². The number of nitrogens with one attached hydrogen (secondary N) is 1. The van der Waals surface area contributed by atoms with Gasteiger partial charge in [0.25, 0.3) is 0 Å². The zero-order chi connectivity index (χ0) is 15.1. The minimum atomic E-state index is 0.0918. The molecule has 0 aliphatic rings. The summed E-state index contributed by atoms with van der Waals surface area (Å²) in [5.41, 5.74) is 3.49. The first-order valence-electron chi connectivity index (χ1n) is 7.39. The van der Waals surface area contributed by atoms with Crippen LogP contribution in [0.25, 0.3) is 0 Å². The molecule has 21 heavy (non-hydrogen) atoms. The van der Waals surface area contributed by atoms with Crippen molar-refractivity contribution in [3.05, 3.63) is 65.2 Å². The van der Waals surface area contributed by atoms with Gasteiger partial charge in [0, 0.05) is 17.5 Å². The maximum atomic E-state index is 9.38. The van der Waals surface area contributed by atoms with E-state index in [1.165, 1.54) is 10.5 Å². The number of rotatable bonds is 7. The number of hydrogen-bond acceptors (Lipinski definition) is 3. The molecule has 0 saturated heterocycles. The fourth-order valence-electron chi connectivity index (χ4n) is 2.38. The summed E-state index contributed by atoms with van der Waals surface area (Å²) in [6.45, 7) is 5.23. The second kappa shape index (κ2) is 8.23. The van der Waals surface area contributed by atoms with Crippen molar-refractivity contribution in [3.8, 4) is 0 Å². The number of aliphatic hydroxyl groups excluding tert-OH is 1. The Morgan fingerprint density at radius 1 is 1.05 bits per heavy atom. The smallest absolute Gasteiger partial charge is 0.0685 e. The van der Waals surface area contributed by atoms with E-state index in [0.717, 1.165) is 23.4 Å². The molecule has 1 atom stereocenters. The lowest BCUT2D eigenvalue weighted by Crippen LogP contribution is -2.19. The van der Waals surface area contributed by atoms with Gasteiger partial charge in [-0.3, -0.25) is 0 Å². The van der Waals surface area contributed by atoms with E-state index < -0.39 is 0 Å². The Labute approximate surface area is 131 Å². The zero-order valence-electron chi connectivity index (χ0n) is 12.7. The molecule has 0 aliphatic carbocycles. The molecular formula is C18H23NOS. The second-order valence-electron chi connectivity index (χ2n) is 5.00. The quantitative estimate of drug-likeness (QED) is 0.754. The van der Waals surface area contributed by atoms with E-state index in [1.54, 1.807) is 0 Å². The Bertz CT molecular complexity index is 571. The van der Waals surface area contributed by atoms with Crippen molar-refractivity contribution >= 4 is 11.8 Å². The molecule has 2 N–H and O–H groups in total. The molecule has 2 aromatic rings. The molecule has 0 aliphatic heterocycles. The van der Waals surface area contributed by atoms with E-state index in [-0.39, 0.29) is 12.6 Å². The van der Waals surface area contributed by atoms with Crippen LogP contribution in [0, 0.1) is 0 Å².